The van der Waals surface area contributed by atoms with E-state index >= 15 is 0 Å². The summed E-state index contributed by atoms with van der Waals surface area (Å²) < 4.78 is 12.4. The van der Waals surface area contributed by atoms with Gasteiger partial charge in [-0.1, -0.05) is 25.5 Å². The molecule has 21 heavy (non-hydrogen) atoms. The van der Waals surface area contributed by atoms with Crippen LogP contribution in [0, 0.1) is 0 Å². The fourth-order valence-electron chi connectivity index (χ4n) is 2.59. The Bertz CT molecular complexity index is 475. The highest BCUT2D eigenvalue weighted by molar-refractivity contribution is 5.88. The Labute approximate surface area is 125 Å². The molecule has 1 aliphatic rings. The minimum Gasteiger partial charge on any atom is -0.464 e. The molecule has 0 amide bonds. The summed E-state index contributed by atoms with van der Waals surface area (Å²) in [5, 5.41) is 8.10. The lowest BCUT2D eigenvalue weighted by Gasteiger charge is -2.32. The third kappa shape index (κ3) is 3.79. The van der Waals surface area contributed by atoms with Crippen molar-refractivity contribution in [3.63, 3.8) is 0 Å². The zero-order valence-electron chi connectivity index (χ0n) is 13.0. The van der Waals surface area contributed by atoms with Crippen LogP contribution in [0.25, 0.3) is 0 Å². The second-order valence-corrected chi connectivity index (χ2v) is 5.19. The van der Waals surface area contributed by atoms with E-state index in [1.807, 2.05) is 0 Å². The van der Waals surface area contributed by atoms with Gasteiger partial charge >= 0.3 is 5.97 Å². The molecular weight excluding hydrogens is 272 g/mol. The molecule has 0 spiro atoms. The highest BCUT2D eigenvalue weighted by atomic mass is 16.5. The Morgan fingerprint density at radius 1 is 1.48 bits per heavy atom. The van der Waals surface area contributed by atoms with Crippen molar-refractivity contribution < 1.29 is 14.3 Å². The van der Waals surface area contributed by atoms with Gasteiger partial charge in [0.05, 0.1) is 32.1 Å². The predicted octanol–water partition coefficient (Wildman–Crippen LogP) is 0.738. The SMILES string of the molecule is CCCc1c(C(=O)OC)nnn1CC1CN(CC)CCO1. The second-order valence-electron chi connectivity index (χ2n) is 5.19. The lowest BCUT2D eigenvalue weighted by Crippen LogP contribution is -2.44. The molecule has 7 nitrogen and oxygen atoms in total. The maximum Gasteiger partial charge on any atom is 0.360 e. The van der Waals surface area contributed by atoms with E-state index in [1.54, 1.807) is 4.68 Å². The molecule has 1 fully saturated rings. The fraction of sp³-hybridized carbons (Fsp3) is 0.786. The van der Waals surface area contributed by atoms with Crippen LogP contribution in [0.1, 0.15) is 36.5 Å². The Hall–Kier alpha value is -1.47. The summed E-state index contributed by atoms with van der Waals surface area (Å²) >= 11 is 0. The van der Waals surface area contributed by atoms with Gasteiger partial charge in [-0.15, -0.1) is 5.10 Å². The maximum atomic E-state index is 11.7. The molecule has 1 aromatic rings. The number of rotatable bonds is 6. The predicted molar refractivity (Wildman–Crippen MR) is 77.2 cm³/mol. The zero-order chi connectivity index (χ0) is 15.2. The molecule has 0 saturated carbocycles. The van der Waals surface area contributed by atoms with Crippen LogP contribution < -0.4 is 0 Å². The van der Waals surface area contributed by atoms with Crippen LogP contribution in [0.5, 0.6) is 0 Å². The minimum atomic E-state index is -0.426. The summed E-state index contributed by atoms with van der Waals surface area (Å²) in [6.45, 7) is 8.45. The van der Waals surface area contributed by atoms with E-state index in [0.717, 1.165) is 44.8 Å². The van der Waals surface area contributed by atoms with E-state index in [2.05, 4.69) is 29.1 Å². The molecule has 1 aliphatic heterocycles. The Morgan fingerprint density at radius 2 is 2.29 bits per heavy atom. The topological polar surface area (TPSA) is 69.5 Å². The fourth-order valence-corrected chi connectivity index (χ4v) is 2.59. The van der Waals surface area contributed by atoms with E-state index in [9.17, 15) is 4.79 Å². The molecule has 0 N–H and O–H groups in total. The molecule has 0 bridgehead atoms. The van der Waals surface area contributed by atoms with Crippen LogP contribution in [0.15, 0.2) is 0 Å². The largest absolute Gasteiger partial charge is 0.464 e. The first-order chi connectivity index (χ1) is 10.2. The van der Waals surface area contributed by atoms with Crippen LogP contribution in [0.4, 0.5) is 0 Å². The highest BCUT2D eigenvalue weighted by Crippen LogP contribution is 2.13. The van der Waals surface area contributed by atoms with Gasteiger partial charge in [-0.3, -0.25) is 4.90 Å². The number of hydrogen-bond donors (Lipinski definition) is 0. The van der Waals surface area contributed by atoms with Crippen molar-refractivity contribution in [1.82, 2.24) is 19.9 Å². The quantitative estimate of drug-likeness (QED) is 0.721. The third-order valence-corrected chi connectivity index (χ3v) is 3.75. The number of likely N-dealkylation sites (N-methyl/N-ethyl adjacent to an activating group) is 1. The van der Waals surface area contributed by atoms with Crippen LogP contribution in [-0.4, -0.2) is 65.3 Å². The number of nitrogens with zero attached hydrogens (tertiary/aromatic N) is 4. The van der Waals surface area contributed by atoms with Gasteiger partial charge in [0.2, 0.25) is 0 Å². The molecular formula is C14H24N4O3. The molecule has 0 radical (unpaired) electrons. The van der Waals surface area contributed by atoms with E-state index in [0.29, 0.717) is 12.2 Å². The summed E-state index contributed by atoms with van der Waals surface area (Å²) in [6, 6.07) is 0. The number of esters is 1. The molecule has 1 saturated heterocycles. The Kier molecular flexibility index (Phi) is 5.69. The summed E-state index contributed by atoms with van der Waals surface area (Å²) in [5.74, 6) is -0.426. The minimum absolute atomic E-state index is 0.0847. The lowest BCUT2D eigenvalue weighted by atomic mass is 10.2. The number of methoxy groups -OCH3 is 1. The lowest BCUT2D eigenvalue weighted by molar-refractivity contribution is -0.0363. The van der Waals surface area contributed by atoms with Crippen molar-refractivity contribution in [1.29, 1.82) is 0 Å². The first-order valence-electron chi connectivity index (χ1n) is 7.54. The zero-order valence-corrected chi connectivity index (χ0v) is 13.0. The summed E-state index contributed by atoms with van der Waals surface area (Å²) in [6.07, 6.45) is 1.76. The van der Waals surface area contributed by atoms with Crippen molar-refractivity contribution in [2.75, 3.05) is 33.4 Å². The van der Waals surface area contributed by atoms with Crippen molar-refractivity contribution in [3.05, 3.63) is 11.4 Å². The van der Waals surface area contributed by atoms with E-state index < -0.39 is 5.97 Å². The molecule has 2 rings (SSSR count). The first-order valence-corrected chi connectivity index (χ1v) is 7.54. The Morgan fingerprint density at radius 3 is 2.95 bits per heavy atom. The van der Waals surface area contributed by atoms with Gasteiger partial charge in [0.15, 0.2) is 5.69 Å². The van der Waals surface area contributed by atoms with Crippen molar-refractivity contribution >= 4 is 5.97 Å². The van der Waals surface area contributed by atoms with Gasteiger partial charge in [0.1, 0.15) is 0 Å². The Balaban J connectivity index is 2.11. The number of carbonyl (C=O) groups excluding carboxylic acids is 1. The van der Waals surface area contributed by atoms with Crippen molar-refractivity contribution in [3.8, 4) is 0 Å². The van der Waals surface area contributed by atoms with E-state index in [4.69, 9.17) is 9.47 Å². The number of hydrogen-bond acceptors (Lipinski definition) is 6. The van der Waals surface area contributed by atoms with Crippen molar-refractivity contribution in [2.45, 2.75) is 39.3 Å². The molecule has 2 heterocycles. The molecule has 0 aliphatic carbocycles. The van der Waals surface area contributed by atoms with Crippen LogP contribution in [-0.2, 0) is 22.4 Å². The molecule has 1 aromatic heterocycles. The van der Waals surface area contributed by atoms with Gasteiger partial charge in [-0.2, -0.15) is 0 Å². The first kappa shape index (κ1) is 15.9. The number of carbonyl (C=O) groups is 1. The highest BCUT2D eigenvalue weighted by Gasteiger charge is 2.24. The normalized spacial score (nSPS) is 19.7. The van der Waals surface area contributed by atoms with Gasteiger partial charge in [-0.05, 0) is 13.0 Å². The van der Waals surface area contributed by atoms with E-state index in [1.165, 1.54) is 7.11 Å². The van der Waals surface area contributed by atoms with Gasteiger partial charge in [0, 0.05) is 13.1 Å². The molecule has 118 valence electrons. The summed E-state index contributed by atoms with van der Waals surface area (Å²) in [5.41, 5.74) is 1.16. The number of ether oxygens (including phenoxy) is 2. The van der Waals surface area contributed by atoms with Crippen LogP contribution >= 0.6 is 0 Å². The van der Waals surface area contributed by atoms with Crippen molar-refractivity contribution in [2.24, 2.45) is 0 Å². The van der Waals surface area contributed by atoms with Gasteiger partial charge in [0.25, 0.3) is 0 Å². The number of morpholine rings is 1. The molecule has 7 heteroatoms. The second kappa shape index (κ2) is 7.51. The van der Waals surface area contributed by atoms with E-state index in [-0.39, 0.29) is 6.10 Å². The molecule has 0 aromatic carbocycles. The van der Waals surface area contributed by atoms with Gasteiger partial charge in [-0.25, -0.2) is 9.48 Å². The van der Waals surface area contributed by atoms with Gasteiger partial charge < -0.3 is 9.47 Å². The van der Waals surface area contributed by atoms with Crippen LogP contribution in [0.2, 0.25) is 0 Å². The maximum absolute atomic E-state index is 11.7. The summed E-state index contributed by atoms with van der Waals surface area (Å²) in [7, 11) is 1.36. The number of aromatic nitrogens is 3. The average Bonchev–Trinajstić information content (AvgIpc) is 2.90. The average molecular weight is 296 g/mol. The monoisotopic (exact) mass is 296 g/mol. The molecule has 1 unspecified atom stereocenters. The standard InChI is InChI=1S/C14H24N4O3/c1-4-6-12-13(14(19)20-3)15-16-18(12)10-11-9-17(5-2)7-8-21-11/h11H,4-10H2,1-3H3. The van der Waals surface area contributed by atoms with Crippen LogP contribution in [0.3, 0.4) is 0 Å². The molecule has 1 atom stereocenters. The summed E-state index contributed by atoms with van der Waals surface area (Å²) in [4.78, 5) is 14.1. The smallest absolute Gasteiger partial charge is 0.360 e. The third-order valence-electron chi connectivity index (χ3n) is 3.75.